The zero-order valence-electron chi connectivity index (χ0n) is 13.6. The fourth-order valence-corrected chi connectivity index (χ4v) is 4.36. The number of hydrogen-bond acceptors (Lipinski definition) is 6. The summed E-state index contributed by atoms with van der Waals surface area (Å²) >= 11 is 1.61. The number of phenolic OH excluding ortho intramolecular Hbond substituents is 1. The average Bonchev–Trinajstić information content (AvgIpc) is 2.85. The van der Waals surface area contributed by atoms with E-state index in [2.05, 4.69) is 5.32 Å². The molecule has 0 bridgehead atoms. The van der Waals surface area contributed by atoms with Crippen LogP contribution in [0.15, 0.2) is 51.7 Å². The van der Waals surface area contributed by atoms with Gasteiger partial charge in [0, 0.05) is 29.3 Å². The zero-order chi connectivity index (χ0) is 17.4. The van der Waals surface area contributed by atoms with Crippen LogP contribution in [0.4, 0.5) is 5.69 Å². The summed E-state index contributed by atoms with van der Waals surface area (Å²) in [6.45, 7) is 0.735. The van der Waals surface area contributed by atoms with Crippen molar-refractivity contribution in [3.05, 3.63) is 64.0 Å². The Bertz CT molecular complexity index is 998. The smallest absolute Gasteiger partial charge is 0.343 e. The first-order valence-corrected chi connectivity index (χ1v) is 9.02. The van der Waals surface area contributed by atoms with Crippen molar-refractivity contribution in [2.24, 2.45) is 0 Å². The molecule has 1 atom stereocenters. The molecule has 0 amide bonds. The Kier molecular flexibility index (Phi) is 4.05. The predicted octanol–water partition coefficient (Wildman–Crippen LogP) is 3.76. The van der Waals surface area contributed by atoms with Crippen LogP contribution in [0, 0.1) is 0 Å². The van der Waals surface area contributed by atoms with Gasteiger partial charge in [-0.2, -0.15) is 0 Å². The van der Waals surface area contributed by atoms with E-state index in [1.54, 1.807) is 43.1 Å². The summed E-state index contributed by atoms with van der Waals surface area (Å²) in [5.74, 6) is 1.49. The normalized spacial score (nSPS) is 16.8. The van der Waals surface area contributed by atoms with Crippen LogP contribution in [0.5, 0.6) is 11.5 Å². The van der Waals surface area contributed by atoms with Crippen LogP contribution in [0.3, 0.4) is 0 Å². The second-order valence-corrected chi connectivity index (χ2v) is 6.99. The molecule has 0 radical (unpaired) electrons. The summed E-state index contributed by atoms with van der Waals surface area (Å²) in [5, 5.41) is 14.4. The van der Waals surface area contributed by atoms with Gasteiger partial charge in [-0.25, -0.2) is 4.79 Å². The largest absolute Gasteiger partial charge is 0.507 e. The van der Waals surface area contributed by atoms with E-state index < -0.39 is 0 Å². The van der Waals surface area contributed by atoms with Gasteiger partial charge in [0.2, 0.25) is 0 Å². The third kappa shape index (κ3) is 2.72. The standard InChI is InChI=1S/C19H17NO4S/c1-23-11-6-7-12(14(21)10-11)18-16-17(20-8-9-25-18)13-4-2-3-5-15(13)24-19(16)22/h2-7,10,18,20-21H,8-9H2,1H3. The molecule has 2 aromatic carbocycles. The maximum atomic E-state index is 12.7. The summed E-state index contributed by atoms with van der Waals surface area (Å²) in [5.41, 5.74) is 2.19. The van der Waals surface area contributed by atoms with Crippen LogP contribution in [0.1, 0.15) is 16.4 Å². The first-order valence-electron chi connectivity index (χ1n) is 7.97. The Labute approximate surface area is 148 Å². The molecule has 1 aromatic heterocycles. The number of fused-ring (bicyclic) bond motifs is 3. The van der Waals surface area contributed by atoms with Gasteiger partial charge in [-0.3, -0.25) is 0 Å². The maximum absolute atomic E-state index is 12.7. The molecule has 0 saturated carbocycles. The average molecular weight is 355 g/mol. The molecule has 0 aliphatic carbocycles. The fraction of sp³-hybridized carbons (Fsp3) is 0.211. The molecule has 3 aromatic rings. The van der Waals surface area contributed by atoms with Gasteiger partial charge in [0.25, 0.3) is 0 Å². The topological polar surface area (TPSA) is 71.7 Å². The van der Waals surface area contributed by atoms with Gasteiger partial charge in [0.05, 0.1) is 23.6 Å². The second-order valence-electron chi connectivity index (χ2n) is 5.78. The number of aromatic hydroxyl groups is 1. The SMILES string of the molecule is COc1ccc(C2SCCNc3c2c(=O)oc2ccccc32)c(O)c1. The van der Waals surface area contributed by atoms with E-state index in [4.69, 9.17) is 9.15 Å². The molecule has 6 heteroatoms. The third-order valence-corrected chi connectivity index (χ3v) is 5.58. The van der Waals surface area contributed by atoms with E-state index in [0.29, 0.717) is 22.5 Å². The molecule has 1 unspecified atom stereocenters. The van der Waals surface area contributed by atoms with E-state index >= 15 is 0 Å². The molecule has 4 rings (SSSR count). The highest BCUT2D eigenvalue weighted by atomic mass is 32.2. The number of para-hydroxylation sites is 1. The number of benzene rings is 2. The summed E-state index contributed by atoms with van der Waals surface area (Å²) in [4.78, 5) is 12.7. The lowest BCUT2D eigenvalue weighted by Gasteiger charge is -2.18. The Hall–Kier alpha value is -2.60. The number of ether oxygens (including phenoxy) is 1. The molecule has 0 spiro atoms. The van der Waals surface area contributed by atoms with Crippen LogP contribution in [-0.4, -0.2) is 24.5 Å². The van der Waals surface area contributed by atoms with Crippen molar-refractivity contribution in [3.8, 4) is 11.5 Å². The molecule has 5 nitrogen and oxygen atoms in total. The van der Waals surface area contributed by atoms with Crippen molar-refractivity contribution < 1.29 is 14.3 Å². The van der Waals surface area contributed by atoms with Crippen molar-refractivity contribution in [2.45, 2.75) is 5.25 Å². The van der Waals surface area contributed by atoms with Crippen LogP contribution in [0.2, 0.25) is 0 Å². The Morgan fingerprint density at radius 3 is 2.92 bits per heavy atom. The lowest BCUT2D eigenvalue weighted by Crippen LogP contribution is -2.14. The highest BCUT2D eigenvalue weighted by Crippen LogP contribution is 2.45. The van der Waals surface area contributed by atoms with Gasteiger partial charge in [0.1, 0.15) is 17.1 Å². The molecular weight excluding hydrogens is 338 g/mol. The van der Waals surface area contributed by atoms with E-state index in [0.717, 1.165) is 23.4 Å². The molecule has 0 fully saturated rings. The third-order valence-electron chi connectivity index (χ3n) is 4.32. The first-order chi connectivity index (χ1) is 12.2. The highest BCUT2D eigenvalue weighted by Gasteiger charge is 2.29. The van der Waals surface area contributed by atoms with Crippen LogP contribution < -0.4 is 15.7 Å². The lowest BCUT2D eigenvalue weighted by atomic mass is 10.0. The minimum atomic E-state index is -0.379. The Morgan fingerprint density at radius 1 is 1.28 bits per heavy atom. The van der Waals surface area contributed by atoms with Crippen LogP contribution >= 0.6 is 11.8 Å². The van der Waals surface area contributed by atoms with Crippen molar-refractivity contribution in [1.29, 1.82) is 0 Å². The summed E-state index contributed by atoms with van der Waals surface area (Å²) in [6, 6.07) is 12.6. The molecule has 25 heavy (non-hydrogen) atoms. The van der Waals surface area contributed by atoms with E-state index in [9.17, 15) is 9.90 Å². The van der Waals surface area contributed by atoms with Gasteiger partial charge in [0.15, 0.2) is 0 Å². The fourth-order valence-electron chi connectivity index (χ4n) is 3.15. The summed E-state index contributed by atoms with van der Waals surface area (Å²) < 4.78 is 10.7. The number of thioether (sulfide) groups is 1. The van der Waals surface area contributed by atoms with Crippen LogP contribution in [-0.2, 0) is 0 Å². The molecule has 1 aliphatic rings. The monoisotopic (exact) mass is 355 g/mol. The molecular formula is C19H17NO4S. The van der Waals surface area contributed by atoms with E-state index in [1.807, 2.05) is 18.2 Å². The molecule has 128 valence electrons. The van der Waals surface area contributed by atoms with Gasteiger partial charge >= 0.3 is 5.63 Å². The molecule has 0 saturated heterocycles. The summed E-state index contributed by atoms with van der Waals surface area (Å²) in [7, 11) is 1.55. The molecule has 2 heterocycles. The van der Waals surface area contributed by atoms with Gasteiger partial charge in [-0.15, -0.1) is 11.8 Å². The zero-order valence-corrected chi connectivity index (χ0v) is 14.4. The van der Waals surface area contributed by atoms with Crippen molar-refractivity contribution in [3.63, 3.8) is 0 Å². The molecule has 2 N–H and O–H groups in total. The van der Waals surface area contributed by atoms with E-state index in [-0.39, 0.29) is 16.6 Å². The minimum Gasteiger partial charge on any atom is -0.507 e. The number of methoxy groups -OCH3 is 1. The van der Waals surface area contributed by atoms with Crippen molar-refractivity contribution >= 4 is 28.4 Å². The summed E-state index contributed by atoms with van der Waals surface area (Å²) in [6.07, 6.45) is 0. The van der Waals surface area contributed by atoms with Crippen LogP contribution in [0.25, 0.3) is 11.0 Å². The maximum Gasteiger partial charge on any atom is 0.343 e. The Balaban J connectivity index is 1.96. The van der Waals surface area contributed by atoms with Crippen molar-refractivity contribution in [2.75, 3.05) is 24.7 Å². The number of hydrogen-bond donors (Lipinski definition) is 2. The predicted molar refractivity (Wildman–Crippen MR) is 99.9 cm³/mol. The first kappa shape index (κ1) is 15.9. The number of anilines is 1. The lowest BCUT2D eigenvalue weighted by molar-refractivity contribution is 0.406. The minimum absolute atomic E-state index is 0.109. The highest BCUT2D eigenvalue weighted by molar-refractivity contribution is 7.99. The number of rotatable bonds is 2. The van der Waals surface area contributed by atoms with Gasteiger partial charge in [-0.05, 0) is 18.2 Å². The molecule has 1 aliphatic heterocycles. The van der Waals surface area contributed by atoms with Crippen molar-refractivity contribution in [1.82, 2.24) is 0 Å². The number of phenols is 1. The van der Waals surface area contributed by atoms with Gasteiger partial charge < -0.3 is 19.6 Å². The Morgan fingerprint density at radius 2 is 2.12 bits per heavy atom. The second kappa shape index (κ2) is 6.37. The number of nitrogens with one attached hydrogen (secondary N) is 1. The van der Waals surface area contributed by atoms with Gasteiger partial charge in [-0.1, -0.05) is 18.2 Å². The quantitative estimate of drug-likeness (QED) is 0.682. The van der Waals surface area contributed by atoms with E-state index in [1.165, 1.54) is 0 Å².